The van der Waals surface area contributed by atoms with Crippen molar-refractivity contribution in [3.63, 3.8) is 0 Å². The zero-order chi connectivity index (χ0) is 13.6. The molecule has 0 saturated carbocycles. The predicted octanol–water partition coefficient (Wildman–Crippen LogP) is 0.681. The van der Waals surface area contributed by atoms with Crippen LogP contribution < -0.4 is 5.32 Å². The lowest BCUT2D eigenvalue weighted by Gasteiger charge is -2.24. The summed E-state index contributed by atoms with van der Waals surface area (Å²) in [6.07, 6.45) is -0.674. The van der Waals surface area contributed by atoms with Crippen LogP contribution in [0.25, 0.3) is 0 Å². The van der Waals surface area contributed by atoms with Crippen LogP contribution in [0.5, 0.6) is 0 Å². The lowest BCUT2D eigenvalue weighted by molar-refractivity contribution is -0.146. The zero-order valence-corrected chi connectivity index (χ0v) is 10.9. The fourth-order valence-corrected chi connectivity index (χ4v) is 1.14. The summed E-state index contributed by atoms with van der Waals surface area (Å²) in [7, 11) is 1.25. The van der Waals surface area contributed by atoms with Gasteiger partial charge in [0.1, 0.15) is 5.60 Å². The third-order valence-electron chi connectivity index (χ3n) is 2.08. The van der Waals surface area contributed by atoms with Gasteiger partial charge in [0, 0.05) is 0 Å². The number of rotatable bonds is 4. The van der Waals surface area contributed by atoms with Crippen LogP contribution in [0.1, 0.15) is 27.7 Å². The van der Waals surface area contributed by atoms with Gasteiger partial charge in [0.2, 0.25) is 0 Å². The van der Waals surface area contributed by atoms with E-state index in [1.54, 1.807) is 27.7 Å². The van der Waals surface area contributed by atoms with Crippen molar-refractivity contribution in [2.24, 2.45) is 5.92 Å². The largest absolute Gasteiger partial charge is 0.469 e. The molecular formula is C11H21NO5. The van der Waals surface area contributed by atoms with E-state index < -0.39 is 29.6 Å². The monoisotopic (exact) mass is 247 g/mol. The van der Waals surface area contributed by atoms with Gasteiger partial charge in [-0.05, 0) is 27.7 Å². The van der Waals surface area contributed by atoms with E-state index in [0.29, 0.717) is 0 Å². The normalized spacial score (nSPS) is 14.7. The van der Waals surface area contributed by atoms with Crippen molar-refractivity contribution in [1.29, 1.82) is 0 Å². The van der Waals surface area contributed by atoms with E-state index in [0.717, 1.165) is 0 Å². The number of nitrogens with one attached hydrogen (secondary N) is 1. The Morgan fingerprint density at radius 3 is 2.24 bits per heavy atom. The quantitative estimate of drug-likeness (QED) is 0.714. The van der Waals surface area contributed by atoms with Crippen LogP contribution in [-0.2, 0) is 14.3 Å². The van der Waals surface area contributed by atoms with Crippen LogP contribution in [-0.4, -0.2) is 42.5 Å². The molecule has 6 nitrogen and oxygen atoms in total. The van der Waals surface area contributed by atoms with Crippen LogP contribution in [0.4, 0.5) is 4.79 Å². The highest BCUT2D eigenvalue weighted by atomic mass is 16.6. The second-order valence-corrected chi connectivity index (χ2v) is 4.75. The average molecular weight is 247 g/mol. The third-order valence-corrected chi connectivity index (χ3v) is 2.08. The van der Waals surface area contributed by atoms with Crippen molar-refractivity contribution in [2.75, 3.05) is 13.7 Å². The maximum atomic E-state index is 11.4. The number of alkyl carbamates (subject to hydrolysis) is 1. The van der Waals surface area contributed by atoms with Gasteiger partial charge >= 0.3 is 12.1 Å². The van der Waals surface area contributed by atoms with Crippen LogP contribution in [0.15, 0.2) is 0 Å². The highest BCUT2D eigenvalue weighted by molar-refractivity contribution is 5.74. The first-order chi connectivity index (χ1) is 7.71. The van der Waals surface area contributed by atoms with Gasteiger partial charge in [-0.1, -0.05) is 0 Å². The second kappa shape index (κ2) is 6.44. The van der Waals surface area contributed by atoms with E-state index in [2.05, 4.69) is 10.1 Å². The van der Waals surface area contributed by atoms with Crippen LogP contribution in [0.3, 0.4) is 0 Å². The van der Waals surface area contributed by atoms with Gasteiger partial charge in [0.25, 0.3) is 0 Å². The van der Waals surface area contributed by atoms with Crippen molar-refractivity contribution in [2.45, 2.75) is 39.3 Å². The van der Waals surface area contributed by atoms with E-state index >= 15 is 0 Å². The van der Waals surface area contributed by atoms with E-state index in [4.69, 9.17) is 9.84 Å². The Bertz CT molecular complexity index is 272. The second-order valence-electron chi connectivity index (χ2n) is 4.75. The molecule has 0 aliphatic carbocycles. The minimum absolute atomic E-state index is 0.366. The van der Waals surface area contributed by atoms with Crippen LogP contribution in [0, 0.1) is 5.92 Å². The summed E-state index contributed by atoms with van der Waals surface area (Å²) >= 11 is 0. The Hall–Kier alpha value is -1.30. The van der Waals surface area contributed by atoms with Gasteiger partial charge in [-0.2, -0.15) is 0 Å². The first-order valence-corrected chi connectivity index (χ1v) is 5.39. The molecule has 0 radical (unpaired) electrons. The molecular weight excluding hydrogens is 226 g/mol. The molecule has 2 atom stereocenters. The molecule has 17 heavy (non-hydrogen) atoms. The van der Waals surface area contributed by atoms with Gasteiger partial charge in [0.05, 0.1) is 25.7 Å². The molecule has 0 rings (SSSR count). The third kappa shape index (κ3) is 6.11. The van der Waals surface area contributed by atoms with Crippen molar-refractivity contribution in [3.05, 3.63) is 0 Å². The van der Waals surface area contributed by atoms with Crippen molar-refractivity contribution in [3.8, 4) is 0 Å². The molecule has 0 aromatic carbocycles. The number of amides is 1. The molecule has 0 saturated heterocycles. The molecule has 0 spiro atoms. The topological polar surface area (TPSA) is 84.9 Å². The lowest BCUT2D eigenvalue weighted by Crippen LogP contribution is -2.46. The lowest BCUT2D eigenvalue weighted by atomic mass is 10.0. The van der Waals surface area contributed by atoms with Crippen molar-refractivity contribution >= 4 is 12.1 Å². The Kier molecular flexibility index (Phi) is 5.95. The summed E-state index contributed by atoms with van der Waals surface area (Å²) in [5.74, 6) is -1.14. The number of carbonyl (C=O) groups is 2. The van der Waals surface area contributed by atoms with E-state index in [-0.39, 0.29) is 6.61 Å². The zero-order valence-electron chi connectivity index (χ0n) is 10.9. The van der Waals surface area contributed by atoms with Gasteiger partial charge in [-0.25, -0.2) is 4.79 Å². The molecule has 6 heteroatoms. The SMILES string of the molecule is COC(=O)[C@@H](C)[C@H](CO)NC(=O)OC(C)(C)C. The van der Waals surface area contributed by atoms with Gasteiger partial charge < -0.3 is 19.9 Å². The summed E-state index contributed by atoms with van der Waals surface area (Å²) < 4.78 is 9.56. The number of esters is 1. The molecule has 0 heterocycles. The summed E-state index contributed by atoms with van der Waals surface area (Å²) in [5.41, 5.74) is -0.626. The first kappa shape index (κ1) is 15.7. The number of aliphatic hydroxyl groups excluding tert-OH is 1. The Morgan fingerprint density at radius 1 is 1.35 bits per heavy atom. The smallest absolute Gasteiger partial charge is 0.407 e. The summed E-state index contributed by atoms with van der Waals surface area (Å²) in [6.45, 7) is 6.37. The van der Waals surface area contributed by atoms with Gasteiger partial charge in [0.15, 0.2) is 0 Å². The Balaban J connectivity index is 4.40. The Labute approximate surface area is 101 Å². The number of methoxy groups -OCH3 is 1. The van der Waals surface area contributed by atoms with E-state index in [1.165, 1.54) is 7.11 Å². The first-order valence-electron chi connectivity index (χ1n) is 5.39. The fourth-order valence-electron chi connectivity index (χ4n) is 1.14. The molecule has 1 amide bonds. The fraction of sp³-hybridized carbons (Fsp3) is 0.818. The van der Waals surface area contributed by atoms with Crippen molar-refractivity contribution in [1.82, 2.24) is 5.32 Å². The molecule has 0 bridgehead atoms. The number of hydrogen-bond donors (Lipinski definition) is 2. The van der Waals surface area contributed by atoms with Gasteiger partial charge in [-0.15, -0.1) is 0 Å². The minimum Gasteiger partial charge on any atom is -0.469 e. The number of hydrogen-bond acceptors (Lipinski definition) is 5. The molecule has 0 fully saturated rings. The molecule has 0 aromatic heterocycles. The molecule has 2 N–H and O–H groups in total. The number of aliphatic hydroxyl groups is 1. The maximum Gasteiger partial charge on any atom is 0.407 e. The van der Waals surface area contributed by atoms with Crippen LogP contribution >= 0.6 is 0 Å². The average Bonchev–Trinajstić information content (AvgIpc) is 2.21. The summed E-state index contributed by atoms with van der Waals surface area (Å²) in [5, 5.41) is 11.5. The highest BCUT2D eigenvalue weighted by Gasteiger charge is 2.27. The molecule has 0 aliphatic heterocycles. The molecule has 0 aliphatic rings. The number of carbonyl (C=O) groups excluding carboxylic acids is 2. The predicted molar refractivity (Wildman–Crippen MR) is 61.4 cm³/mol. The van der Waals surface area contributed by atoms with E-state index in [9.17, 15) is 9.59 Å². The number of ether oxygens (including phenoxy) is 2. The Morgan fingerprint density at radius 2 is 1.88 bits per heavy atom. The standard InChI is InChI=1S/C11H21NO5/c1-7(9(14)16-5)8(6-13)12-10(15)17-11(2,3)4/h7-8,13H,6H2,1-5H3,(H,12,15)/t7-,8-/m0/s1. The molecule has 0 unspecified atom stereocenters. The highest BCUT2D eigenvalue weighted by Crippen LogP contribution is 2.09. The van der Waals surface area contributed by atoms with Gasteiger partial charge in [-0.3, -0.25) is 4.79 Å². The summed E-state index contributed by atoms with van der Waals surface area (Å²) in [6, 6.07) is -0.725. The summed E-state index contributed by atoms with van der Waals surface area (Å²) in [4.78, 5) is 22.7. The van der Waals surface area contributed by atoms with E-state index in [1.807, 2.05) is 0 Å². The minimum atomic E-state index is -0.725. The molecule has 0 aromatic rings. The van der Waals surface area contributed by atoms with Crippen LogP contribution in [0.2, 0.25) is 0 Å². The molecule has 100 valence electrons. The van der Waals surface area contributed by atoms with Crippen molar-refractivity contribution < 1.29 is 24.2 Å². The maximum absolute atomic E-state index is 11.4.